The van der Waals surface area contributed by atoms with Crippen molar-refractivity contribution in [3.63, 3.8) is 0 Å². The second-order valence-corrected chi connectivity index (χ2v) is 4.96. The average Bonchev–Trinajstić information content (AvgIpc) is 2.43. The molecule has 0 radical (unpaired) electrons. The van der Waals surface area contributed by atoms with Gasteiger partial charge in [0, 0.05) is 6.54 Å². The third-order valence-electron chi connectivity index (χ3n) is 3.32. The molecule has 0 atom stereocenters. The van der Waals surface area contributed by atoms with Crippen LogP contribution in [0.1, 0.15) is 22.3 Å². The first kappa shape index (κ1) is 14.3. The van der Waals surface area contributed by atoms with Gasteiger partial charge < -0.3 is 5.32 Å². The lowest BCUT2D eigenvalue weighted by atomic mass is 10.1. The van der Waals surface area contributed by atoms with E-state index < -0.39 is 0 Å². The molecule has 0 saturated carbocycles. The van der Waals surface area contributed by atoms with Gasteiger partial charge in [0.15, 0.2) is 0 Å². The number of hydrogen-bond donors (Lipinski definition) is 1. The monoisotopic (exact) mass is 271 g/mol. The molecule has 0 aromatic heterocycles. The van der Waals surface area contributed by atoms with Crippen LogP contribution in [0, 0.1) is 19.7 Å². The highest BCUT2D eigenvalue weighted by molar-refractivity contribution is 5.78. The Balaban J connectivity index is 1.92. The van der Waals surface area contributed by atoms with Gasteiger partial charge in [-0.25, -0.2) is 4.39 Å². The molecule has 1 N–H and O–H groups in total. The van der Waals surface area contributed by atoms with Crippen molar-refractivity contribution in [3.05, 3.63) is 70.5 Å². The van der Waals surface area contributed by atoms with E-state index in [4.69, 9.17) is 0 Å². The first-order valence-corrected chi connectivity index (χ1v) is 6.62. The molecule has 0 aliphatic carbocycles. The first-order chi connectivity index (χ1) is 9.56. The molecule has 0 heterocycles. The van der Waals surface area contributed by atoms with E-state index in [9.17, 15) is 9.18 Å². The number of aryl methyl sites for hydroxylation is 2. The Labute approximate surface area is 118 Å². The summed E-state index contributed by atoms with van der Waals surface area (Å²) in [5.74, 6) is -0.249. The van der Waals surface area contributed by atoms with Gasteiger partial charge in [-0.1, -0.05) is 36.4 Å². The van der Waals surface area contributed by atoms with Crippen molar-refractivity contribution in [2.45, 2.75) is 26.8 Å². The van der Waals surface area contributed by atoms with Crippen LogP contribution in [0.15, 0.2) is 42.5 Å². The van der Waals surface area contributed by atoms with Crippen LogP contribution in [0.2, 0.25) is 0 Å². The topological polar surface area (TPSA) is 29.1 Å². The molecule has 3 heteroatoms. The van der Waals surface area contributed by atoms with E-state index in [1.54, 1.807) is 19.1 Å². The highest BCUT2D eigenvalue weighted by atomic mass is 19.1. The van der Waals surface area contributed by atoms with Crippen molar-refractivity contribution in [2.24, 2.45) is 0 Å². The van der Waals surface area contributed by atoms with Gasteiger partial charge in [0.2, 0.25) is 5.91 Å². The highest BCUT2D eigenvalue weighted by Crippen LogP contribution is 2.10. The minimum absolute atomic E-state index is 0.0266. The number of nitrogens with one attached hydrogen (secondary N) is 1. The number of halogens is 1. The maximum Gasteiger partial charge on any atom is 0.224 e. The number of amides is 1. The Hall–Kier alpha value is -2.16. The summed E-state index contributed by atoms with van der Waals surface area (Å²) in [6.07, 6.45) is 0.368. The van der Waals surface area contributed by atoms with Crippen molar-refractivity contribution >= 4 is 5.91 Å². The molecule has 20 heavy (non-hydrogen) atoms. The normalized spacial score (nSPS) is 10.3. The summed E-state index contributed by atoms with van der Waals surface area (Å²) in [7, 11) is 0. The molecule has 1 amide bonds. The molecule has 0 aliphatic heterocycles. The van der Waals surface area contributed by atoms with Crippen LogP contribution in [-0.4, -0.2) is 5.91 Å². The van der Waals surface area contributed by atoms with Crippen molar-refractivity contribution in [2.75, 3.05) is 0 Å². The maximum atomic E-state index is 13.1. The van der Waals surface area contributed by atoms with Crippen LogP contribution in [0.5, 0.6) is 0 Å². The second kappa shape index (κ2) is 6.33. The van der Waals surface area contributed by atoms with Crippen LogP contribution in [0.3, 0.4) is 0 Å². The lowest BCUT2D eigenvalue weighted by molar-refractivity contribution is -0.120. The largest absolute Gasteiger partial charge is 0.352 e. The zero-order chi connectivity index (χ0) is 14.5. The van der Waals surface area contributed by atoms with Crippen molar-refractivity contribution in [1.29, 1.82) is 0 Å². The number of carbonyl (C=O) groups is 1. The summed E-state index contributed by atoms with van der Waals surface area (Å²) in [4.78, 5) is 11.9. The maximum absolute atomic E-state index is 13.1. The molecule has 2 aromatic carbocycles. The number of rotatable bonds is 4. The lowest BCUT2D eigenvalue weighted by Crippen LogP contribution is -2.24. The van der Waals surface area contributed by atoms with Gasteiger partial charge >= 0.3 is 0 Å². The van der Waals surface area contributed by atoms with Crippen molar-refractivity contribution in [3.8, 4) is 0 Å². The van der Waals surface area contributed by atoms with Crippen LogP contribution >= 0.6 is 0 Å². The van der Waals surface area contributed by atoms with Crippen LogP contribution in [0.4, 0.5) is 4.39 Å². The molecule has 0 aliphatic rings. The Kier molecular flexibility index (Phi) is 4.51. The van der Waals surface area contributed by atoms with E-state index in [1.807, 2.05) is 31.2 Å². The minimum Gasteiger partial charge on any atom is -0.352 e. The average molecular weight is 271 g/mol. The second-order valence-electron chi connectivity index (χ2n) is 4.96. The number of carbonyl (C=O) groups excluding carboxylic acids is 1. The summed E-state index contributed by atoms with van der Waals surface area (Å²) < 4.78 is 13.1. The van der Waals surface area contributed by atoms with E-state index in [0.717, 1.165) is 16.7 Å². The zero-order valence-electron chi connectivity index (χ0n) is 11.7. The molecule has 2 rings (SSSR count). The first-order valence-electron chi connectivity index (χ1n) is 6.62. The van der Waals surface area contributed by atoms with Crippen LogP contribution in [-0.2, 0) is 17.8 Å². The lowest BCUT2D eigenvalue weighted by Gasteiger charge is -2.08. The molecule has 0 saturated heterocycles. The van der Waals surface area contributed by atoms with Gasteiger partial charge in [-0.3, -0.25) is 4.79 Å². The zero-order valence-corrected chi connectivity index (χ0v) is 11.7. The van der Waals surface area contributed by atoms with E-state index >= 15 is 0 Å². The standard InChI is InChI=1S/C17H18FNO/c1-12-5-3-4-6-15(12)10-17(20)19-11-14-7-8-16(18)13(2)9-14/h3-9H,10-11H2,1-2H3,(H,19,20). The minimum atomic E-state index is -0.222. The molecule has 0 unspecified atom stereocenters. The summed E-state index contributed by atoms with van der Waals surface area (Å²) in [5.41, 5.74) is 3.64. The summed E-state index contributed by atoms with van der Waals surface area (Å²) >= 11 is 0. The molecular weight excluding hydrogens is 253 g/mol. The van der Waals surface area contributed by atoms with Gasteiger partial charge in [0.1, 0.15) is 5.82 Å². The molecule has 2 aromatic rings. The Morgan fingerprint density at radius 3 is 2.55 bits per heavy atom. The molecule has 104 valence electrons. The molecular formula is C17H18FNO. The molecule has 0 spiro atoms. The molecule has 0 fully saturated rings. The fraction of sp³-hybridized carbons (Fsp3) is 0.235. The highest BCUT2D eigenvalue weighted by Gasteiger charge is 2.06. The number of benzene rings is 2. The van der Waals surface area contributed by atoms with E-state index in [2.05, 4.69) is 5.32 Å². The molecule has 2 nitrogen and oxygen atoms in total. The van der Waals surface area contributed by atoms with Crippen LogP contribution < -0.4 is 5.32 Å². The van der Waals surface area contributed by atoms with Crippen LogP contribution in [0.25, 0.3) is 0 Å². The number of hydrogen-bond acceptors (Lipinski definition) is 1. The van der Waals surface area contributed by atoms with Gasteiger partial charge in [-0.2, -0.15) is 0 Å². The van der Waals surface area contributed by atoms with Crippen molar-refractivity contribution in [1.82, 2.24) is 5.32 Å². The third-order valence-corrected chi connectivity index (χ3v) is 3.32. The summed E-state index contributed by atoms with van der Waals surface area (Å²) in [6.45, 7) is 4.13. The SMILES string of the molecule is Cc1cc(CNC(=O)Cc2ccccc2C)ccc1F. The van der Waals surface area contributed by atoms with E-state index in [-0.39, 0.29) is 11.7 Å². The predicted molar refractivity (Wildman–Crippen MR) is 77.9 cm³/mol. The Morgan fingerprint density at radius 2 is 1.85 bits per heavy atom. The quantitative estimate of drug-likeness (QED) is 0.908. The van der Waals surface area contributed by atoms with E-state index in [0.29, 0.717) is 18.5 Å². The smallest absolute Gasteiger partial charge is 0.224 e. The van der Waals surface area contributed by atoms with Gasteiger partial charge in [0.05, 0.1) is 6.42 Å². The Morgan fingerprint density at radius 1 is 1.10 bits per heavy atom. The van der Waals surface area contributed by atoms with Crippen molar-refractivity contribution < 1.29 is 9.18 Å². The predicted octanol–water partition coefficient (Wildman–Crippen LogP) is 3.30. The third kappa shape index (κ3) is 3.67. The van der Waals surface area contributed by atoms with Gasteiger partial charge in [-0.05, 0) is 42.2 Å². The van der Waals surface area contributed by atoms with Gasteiger partial charge in [-0.15, -0.1) is 0 Å². The Bertz CT molecular complexity index is 622. The fourth-order valence-electron chi connectivity index (χ4n) is 2.06. The van der Waals surface area contributed by atoms with E-state index in [1.165, 1.54) is 6.07 Å². The fourth-order valence-corrected chi connectivity index (χ4v) is 2.06. The summed E-state index contributed by atoms with van der Waals surface area (Å²) in [6, 6.07) is 12.7. The van der Waals surface area contributed by atoms with Gasteiger partial charge in [0.25, 0.3) is 0 Å². The molecule has 0 bridgehead atoms. The summed E-state index contributed by atoms with van der Waals surface area (Å²) in [5, 5.41) is 2.86.